The predicted octanol–water partition coefficient (Wildman–Crippen LogP) is 4.41. The summed E-state index contributed by atoms with van der Waals surface area (Å²) in [6.07, 6.45) is 1.50. The Kier molecular flexibility index (Phi) is 7.20. The van der Waals surface area contributed by atoms with Crippen LogP contribution < -0.4 is 5.32 Å². The van der Waals surface area contributed by atoms with Crippen LogP contribution in [0.4, 0.5) is 4.79 Å². The summed E-state index contributed by atoms with van der Waals surface area (Å²) in [6, 6.07) is 16.2. The molecule has 1 saturated heterocycles. The highest BCUT2D eigenvalue weighted by Gasteiger charge is 2.32. The van der Waals surface area contributed by atoms with Gasteiger partial charge in [0.25, 0.3) is 0 Å². The van der Waals surface area contributed by atoms with Crippen LogP contribution in [0.15, 0.2) is 48.5 Å². The number of hydrogen-bond donors (Lipinski definition) is 2. The number of ether oxygens (including phenoxy) is 1. The number of hydrogen-bond acceptors (Lipinski definition) is 4. The second kappa shape index (κ2) is 10.3. The molecule has 4 rings (SSSR count). The maximum absolute atomic E-state index is 12.7. The molecule has 0 spiro atoms. The Labute approximate surface area is 200 Å². The lowest BCUT2D eigenvalue weighted by molar-refractivity contribution is -0.147. The minimum absolute atomic E-state index is 0.00203. The number of nitrogens with zero attached hydrogens (tertiary/aromatic N) is 1. The molecule has 2 aromatic rings. The number of rotatable bonds is 7. The number of carbonyl (C=O) groups excluding carboxylic acids is 2. The molecule has 1 heterocycles. The predicted molar refractivity (Wildman–Crippen MR) is 128 cm³/mol. The molecule has 2 N–H and O–H groups in total. The number of carbonyl (C=O) groups is 3. The van der Waals surface area contributed by atoms with Crippen LogP contribution in [0.5, 0.6) is 0 Å². The molecule has 0 aromatic heterocycles. The van der Waals surface area contributed by atoms with Gasteiger partial charge in [0.2, 0.25) is 5.91 Å². The van der Waals surface area contributed by atoms with E-state index in [0.29, 0.717) is 19.3 Å². The largest absolute Gasteiger partial charge is 0.481 e. The van der Waals surface area contributed by atoms with E-state index >= 15 is 0 Å². The molecule has 180 valence electrons. The molecule has 7 heteroatoms. The zero-order chi connectivity index (χ0) is 24.2. The summed E-state index contributed by atoms with van der Waals surface area (Å²) in [4.78, 5) is 38.1. The molecule has 2 aromatic carbocycles. The molecule has 3 atom stereocenters. The van der Waals surface area contributed by atoms with Crippen molar-refractivity contribution in [2.45, 2.75) is 57.5 Å². The summed E-state index contributed by atoms with van der Waals surface area (Å²) in [5, 5.41) is 12.1. The fourth-order valence-corrected chi connectivity index (χ4v) is 5.05. The van der Waals surface area contributed by atoms with Crippen LogP contribution in [0.25, 0.3) is 11.1 Å². The van der Waals surface area contributed by atoms with Crippen LogP contribution in [-0.2, 0) is 14.3 Å². The van der Waals surface area contributed by atoms with E-state index in [1.54, 1.807) is 4.90 Å². The first kappa shape index (κ1) is 23.8. The molecule has 34 heavy (non-hydrogen) atoms. The van der Waals surface area contributed by atoms with Gasteiger partial charge in [0.05, 0.1) is 5.92 Å². The van der Waals surface area contributed by atoms with Gasteiger partial charge in [-0.1, -0.05) is 48.5 Å². The summed E-state index contributed by atoms with van der Waals surface area (Å²) in [6.45, 7) is 4.29. The van der Waals surface area contributed by atoms with Gasteiger partial charge >= 0.3 is 12.1 Å². The lowest BCUT2D eigenvalue weighted by Gasteiger charge is -2.36. The maximum Gasteiger partial charge on any atom is 0.407 e. The van der Waals surface area contributed by atoms with Crippen molar-refractivity contribution in [2.75, 3.05) is 13.2 Å². The molecule has 3 unspecified atom stereocenters. The van der Waals surface area contributed by atoms with Crippen LogP contribution in [0, 0.1) is 5.92 Å². The van der Waals surface area contributed by atoms with Crippen molar-refractivity contribution in [3.8, 4) is 11.1 Å². The second-order valence-corrected chi connectivity index (χ2v) is 9.42. The number of aliphatic carboxylic acids is 1. The summed E-state index contributed by atoms with van der Waals surface area (Å²) >= 11 is 0. The number of nitrogens with one attached hydrogen (secondary N) is 1. The van der Waals surface area contributed by atoms with Gasteiger partial charge in [0.15, 0.2) is 0 Å². The Morgan fingerprint density at radius 3 is 2.29 bits per heavy atom. The van der Waals surface area contributed by atoms with E-state index in [4.69, 9.17) is 4.74 Å². The molecule has 1 aliphatic carbocycles. The highest BCUT2D eigenvalue weighted by Crippen LogP contribution is 2.44. The molecule has 2 aliphatic rings. The van der Waals surface area contributed by atoms with Gasteiger partial charge in [-0.15, -0.1) is 0 Å². The van der Waals surface area contributed by atoms with E-state index in [-0.39, 0.29) is 43.5 Å². The number of likely N-dealkylation sites (tertiary alicyclic amines) is 1. The summed E-state index contributed by atoms with van der Waals surface area (Å²) in [5.74, 6) is -1.43. The minimum atomic E-state index is -0.852. The number of carboxylic acid groups (broad SMARTS) is 1. The quantitative estimate of drug-likeness (QED) is 0.633. The monoisotopic (exact) mass is 464 g/mol. The van der Waals surface area contributed by atoms with E-state index in [2.05, 4.69) is 29.6 Å². The number of carboxylic acids is 1. The maximum atomic E-state index is 12.7. The summed E-state index contributed by atoms with van der Waals surface area (Å²) in [5.41, 5.74) is 4.67. The van der Waals surface area contributed by atoms with Crippen LogP contribution >= 0.6 is 0 Å². The molecule has 2 amide bonds. The Morgan fingerprint density at radius 1 is 1.06 bits per heavy atom. The first-order valence-electron chi connectivity index (χ1n) is 12.0. The SMILES string of the molecule is CC(CCC(=O)N1CC(C(=O)O)CCC1C)NC(=O)OCC1c2ccccc2-c2ccccc21. The van der Waals surface area contributed by atoms with E-state index in [0.717, 1.165) is 11.1 Å². The number of benzene rings is 2. The van der Waals surface area contributed by atoms with Crippen molar-refractivity contribution in [3.63, 3.8) is 0 Å². The third-order valence-electron chi connectivity index (χ3n) is 7.05. The van der Waals surface area contributed by atoms with Crippen molar-refractivity contribution in [2.24, 2.45) is 5.92 Å². The third kappa shape index (κ3) is 5.08. The van der Waals surface area contributed by atoms with Gasteiger partial charge in [0, 0.05) is 31.0 Å². The smallest absolute Gasteiger partial charge is 0.407 e. The number of fused-ring (bicyclic) bond motifs is 3. The van der Waals surface area contributed by atoms with Crippen LogP contribution in [0.2, 0.25) is 0 Å². The number of piperidine rings is 1. The Hall–Kier alpha value is -3.35. The van der Waals surface area contributed by atoms with Crippen molar-refractivity contribution in [3.05, 3.63) is 59.7 Å². The molecule has 1 aliphatic heterocycles. The van der Waals surface area contributed by atoms with Gasteiger partial charge in [-0.2, -0.15) is 0 Å². The van der Waals surface area contributed by atoms with Gasteiger partial charge in [-0.3, -0.25) is 9.59 Å². The normalized spacial score (nSPS) is 20.2. The second-order valence-electron chi connectivity index (χ2n) is 9.42. The standard InChI is InChI=1S/C27H32N2O5/c1-17(11-14-25(30)29-15-19(26(31)32)13-12-18(29)2)28-27(33)34-16-24-22-9-5-3-7-20(22)21-8-4-6-10-23(21)24/h3-10,17-19,24H,11-16H2,1-2H3,(H,28,33)(H,31,32). The number of amides is 2. The van der Waals surface area contributed by atoms with Crippen molar-refractivity contribution >= 4 is 18.0 Å². The van der Waals surface area contributed by atoms with Crippen LogP contribution in [-0.4, -0.2) is 53.2 Å². The van der Waals surface area contributed by atoms with Crippen molar-refractivity contribution in [1.82, 2.24) is 10.2 Å². The molecule has 0 saturated carbocycles. The summed E-state index contributed by atoms with van der Waals surface area (Å²) < 4.78 is 5.58. The van der Waals surface area contributed by atoms with Crippen LogP contribution in [0.1, 0.15) is 56.6 Å². The van der Waals surface area contributed by atoms with Crippen molar-refractivity contribution < 1.29 is 24.2 Å². The lowest BCUT2D eigenvalue weighted by atomic mass is 9.93. The highest BCUT2D eigenvalue weighted by atomic mass is 16.5. The van der Waals surface area contributed by atoms with Crippen molar-refractivity contribution in [1.29, 1.82) is 0 Å². The first-order chi connectivity index (χ1) is 16.3. The third-order valence-corrected chi connectivity index (χ3v) is 7.05. The average molecular weight is 465 g/mol. The first-order valence-corrected chi connectivity index (χ1v) is 12.0. The molecule has 1 fully saturated rings. The fraction of sp³-hybridized carbons (Fsp3) is 0.444. The molecular weight excluding hydrogens is 432 g/mol. The fourth-order valence-electron chi connectivity index (χ4n) is 5.05. The van der Waals surface area contributed by atoms with Gasteiger partial charge in [-0.25, -0.2) is 4.79 Å². The molecular formula is C27H32N2O5. The van der Waals surface area contributed by atoms with E-state index in [9.17, 15) is 19.5 Å². The Morgan fingerprint density at radius 2 is 1.68 bits per heavy atom. The minimum Gasteiger partial charge on any atom is -0.481 e. The van der Waals surface area contributed by atoms with Gasteiger partial charge < -0.3 is 20.1 Å². The Balaban J connectivity index is 1.26. The van der Waals surface area contributed by atoms with E-state index < -0.39 is 18.0 Å². The zero-order valence-corrected chi connectivity index (χ0v) is 19.7. The van der Waals surface area contributed by atoms with E-state index in [1.807, 2.05) is 38.1 Å². The number of alkyl carbamates (subject to hydrolysis) is 1. The topological polar surface area (TPSA) is 95.9 Å². The highest BCUT2D eigenvalue weighted by molar-refractivity contribution is 5.79. The molecule has 0 bridgehead atoms. The van der Waals surface area contributed by atoms with Gasteiger partial charge in [-0.05, 0) is 55.4 Å². The zero-order valence-electron chi connectivity index (χ0n) is 19.7. The molecule has 7 nitrogen and oxygen atoms in total. The Bertz CT molecular complexity index is 1020. The van der Waals surface area contributed by atoms with E-state index in [1.165, 1.54) is 11.1 Å². The van der Waals surface area contributed by atoms with Crippen LogP contribution in [0.3, 0.4) is 0 Å². The average Bonchev–Trinajstić information content (AvgIpc) is 3.15. The molecule has 0 radical (unpaired) electrons. The van der Waals surface area contributed by atoms with Gasteiger partial charge in [0.1, 0.15) is 6.61 Å². The summed E-state index contributed by atoms with van der Waals surface area (Å²) in [7, 11) is 0. The lowest BCUT2D eigenvalue weighted by Crippen LogP contribution is -2.47.